The number of nitrogens with zero attached hydrogens (tertiary/aromatic N) is 3. The molecule has 2 aromatic carbocycles. The predicted octanol–water partition coefficient (Wildman–Crippen LogP) is 2.51. The standard InChI is InChI=1S/C25H31N3O5S/c1-26(2)34(31,32)21-11-9-19(10-12-21)22-23(20-7-4-3-5-8-20)28(25(30)24(22)29)14-6-13-27-15-17-33-18-16-27/h3-5,7-12,23,29H,6,13-18H2,1-2H3. The van der Waals surface area contributed by atoms with Crippen LogP contribution >= 0.6 is 0 Å². The lowest BCUT2D eigenvalue weighted by Crippen LogP contribution is -2.39. The first-order chi connectivity index (χ1) is 16.3. The van der Waals surface area contributed by atoms with Crippen molar-refractivity contribution in [3.05, 3.63) is 71.5 Å². The van der Waals surface area contributed by atoms with E-state index >= 15 is 0 Å². The number of aliphatic hydroxyl groups is 1. The number of hydrogen-bond acceptors (Lipinski definition) is 6. The van der Waals surface area contributed by atoms with E-state index in [0.29, 0.717) is 17.7 Å². The van der Waals surface area contributed by atoms with Crippen LogP contribution in [0.4, 0.5) is 0 Å². The molecule has 4 rings (SSSR count). The quantitative estimate of drug-likeness (QED) is 0.618. The summed E-state index contributed by atoms with van der Waals surface area (Å²) in [5, 5.41) is 10.9. The Bertz CT molecular complexity index is 1140. The fraction of sp³-hybridized carbons (Fsp3) is 0.400. The van der Waals surface area contributed by atoms with Crippen LogP contribution in [0.2, 0.25) is 0 Å². The van der Waals surface area contributed by atoms with Crippen molar-refractivity contribution < 1.29 is 23.1 Å². The van der Waals surface area contributed by atoms with Gasteiger partial charge in [-0.05, 0) is 29.7 Å². The highest BCUT2D eigenvalue weighted by Crippen LogP contribution is 2.43. The van der Waals surface area contributed by atoms with E-state index in [1.165, 1.54) is 26.2 Å². The van der Waals surface area contributed by atoms with Crippen LogP contribution in [0.3, 0.4) is 0 Å². The summed E-state index contributed by atoms with van der Waals surface area (Å²) in [7, 11) is -0.618. The molecule has 2 heterocycles. The van der Waals surface area contributed by atoms with Crippen LogP contribution in [-0.4, -0.2) is 87.0 Å². The Kier molecular flexibility index (Phi) is 7.37. The van der Waals surface area contributed by atoms with Crippen molar-refractivity contribution in [1.82, 2.24) is 14.1 Å². The second kappa shape index (κ2) is 10.3. The molecule has 2 aliphatic heterocycles. The molecule has 182 valence electrons. The fourth-order valence-electron chi connectivity index (χ4n) is 4.47. The molecule has 1 unspecified atom stereocenters. The second-order valence-corrected chi connectivity index (χ2v) is 10.8. The van der Waals surface area contributed by atoms with Gasteiger partial charge < -0.3 is 14.7 Å². The zero-order valence-corrected chi connectivity index (χ0v) is 20.4. The van der Waals surface area contributed by atoms with Gasteiger partial charge in [0.2, 0.25) is 10.0 Å². The van der Waals surface area contributed by atoms with E-state index in [9.17, 15) is 18.3 Å². The van der Waals surface area contributed by atoms with Crippen molar-refractivity contribution in [2.24, 2.45) is 0 Å². The molecule has 9 heteroatoms. The number of sulfonamides is 1. The Morgan fingerprint density at radius 2 is 1.65 bits per heavy atom. The topological polar surface area (TPSA) is 90.4 Å². The molecule has 34 heavy (non-hydrogen) atoms. The van der Waals surface area contributed by atoms with Gasteiger partial charge in [-0.3, -0.25) is 9.69 Å². The smallest absolute Gasteiger partial charge is 0.289 e. The minimum absolute atomic E-state index is 0.157. The van der Waals surface area contributed by atoms with E-state index in [1.807, 2.05) is 30.3 Å². The summed E-state index contributed by atoms with van der Waals surface area (Å²) in [5.41, 5.74) is 2.01. The van der Waals surface area contributed by atoms with Crippen LogP contribution in [0.25, 0.3) is 5.57 Å². The summed E-state index contributed by atoms with van der Waals surface area (Å²) in [6.45, 7) is 4.56. The lowest BCUT2D eigenvalue weighted by atomic mass is 9.93. The Hall–Kier alpha value is -2.72. The average Bonchev–Trinajstić information content (AvgIpc) is 3.10. The van der Waals surface area contributed by atoms with Crippen LogP contribution in [0.5, 0.6) is 0 Å². The van der Waals surface area contributed by atoms with Gasteiger partial charge in [0.05, 0.1) is 24.2 Å². The first kappa shape index (κ1) is 24.4. The molecule has 1 amide bonds. The third-order valence-corrected chi connectivity index (χ3v) is 8.17. The summed E-state index contributed by atoms with van der Waals surface area (Å²) in [5.74, 6) is -0.695. The van der Waals surface area contributed by atoms with Crippen molar-refractivity contribution in [3.63, 3.8) is 0 Å². The number of carbonyl (C=O) groups is 1. The number of hydrogen-bond donors (Lipinski definition) is 1. The molecule has 8 nitrogen and oxygen atoms in total. The van der Waals surface area contributed by atoms with Gasteiger partial charge in [-0.25, -0.2) is 12.7 Å². The predicted molar refractivity (Wildman–Crippen MR) is 130 cm³/mol. The Morgan fingerprint density at radius 3 is 2.26 bits per heavy atom. The minimum Gasteiger partial charge on any atom is -0.503 e. The SMILES string of the molecule is CN(C)S(=O)(=O)c1ccc(C2=C(O)C(=O)N(CCCN3CCOCC3)C2c2ccccc2)cc1. The van der Waals surface area contributed by atoms with Gasteiger partial charge in [0.15, 0.2) is 5.76 Å². The number of morpholine rings is 1. The summed E-state index contributed by atoms with van der Waals surface area (Å²) < 4.78 is 31.5. The summed E-state index contributed by atoms with van der Waals surface area (Å²) in [6, 6.07) is 15.5. The first-order valence-electron chi connectivity index (χ1n) is 11.4. The van der Waals surface area contributed by atoms with Crippen molar-refractivity contribution in [2.75, 3.05) is 53.5 Å². The molecule has 2 aromatic rings. The van der Waals surface area contributed by atoms with Crippen molar-refractivity contribution in [3.8, 4) is 0 Å². The number of ether oxygens (including phenoxy) is 1. The van der Waals surface area contributed by atoms with Crippen molar-refractivity contribution >= 4 is 21.5 Å². The Balaban J connectivity index is 1.62. The fourth-order valence-corrected chi connectivity index (χ4v) is 5.37. The summed E-state index contributed by atoms with van der Waals surface area (Å²) in [6.07, 6.45) is 0.773. The molecular weight excluding hydrogens is 454 g/mol. The van der Waals surface area contributed by atoms with Crippen molar-refractivity contribution in [2.45, 2.75) is 17.4 Å². The van der Waals surface area contributed by atoms with E-state index < -0.39 is 22.0 Å². The molecule has 0 radical (unpaired) electrons. The highest BCUT2D eigenvalue weighted by Gasteiger charge is 2.40. The number of rotatable bonds is 8. The highest BCUT2D eigenvalue weighted by molar-refractivity contribution is 7.89. The molecule has 1 saturated heterocycles. The van der Waals surface area contributed by atoms with Gasteiger partial charge in [-0.2, -0.15) is 0 Å². The number of carbonyl (C=O) groups excluding carboxylic acids is 1. The zero-order chi connectivity index (χ0) is 24.3. The maximum Gasteiger partial charge on any atom is 0.289 e. The molecular formula is C25H31N3O5S. The minimum atomic E-state index is -3.58. The zero-order valence-electron chi connectivity index (χ0n) is 19.6. The maximum absolute atomic E-state index is 13.2. The molecule has 0 bridgehead atoms. The average molecular weight is 486 g/mol. The van der Waals surface area contributed by atoms with E-state index in [0.717, 1.165) is 49.1 Å². The van der Waals surface area contributed by atoms with Crippen LogP contribution in [0.1, 0.15) is 23.6 Å². The van der Waals surface area contributed by atoms with Crippen LogP contribution < -0.4 is 0 Å². The van der Waals surface area contributed by atoms with Crippen LogP contribution in [0, 0.1) is 0 Å². The third kappa shape index (κ3) is 4.88. The molecule has 1 N–H and O–H groups in total. The summed E-state index contributed by atoms with van der Waals surface area (Å²) in [4.78, 5) is 17.3. The molecule has 0 spiro atoms. The van der Waals surface area contributed by atoms with Crippen LogP contribution in [0.15, 0.2) is 65.3 Å². The van der Waals surface area contributed by atoms with Gasteiger partial charge in [0.1, 0.15) is 0 Å². The van der Waals surface area contributed by atoms with Crippen molar-refractivity contribution in [1.29, 1.82) is 0 Å². The maximum atomic E-state index is 13.2. The molecule has 1 fully saturated rings. The number of aliphatic hydroxyl groups excluding tert-OH is 1. The highest BCUT2D eigenvalue weighted by atomic mass is 32.2. The van der Waals surface area contributed by atoms with E-state index in [2.05, 4.69) is 4.90 Å². The normalized spacial score (nSPS) is 19.9. The van der Waals surface area contributed by atoms with Gasteiger partial charge in [-0.15, -0.1) is 0 Å². The third-order valence-electron chi connectivity index (χ3n) is 6.34. The molecule has 0 aliphatic carbocycles. The monoisotopic (exact) mass is 485 g/mol. The molecule has 0 aromatic heterocycles. The van der Waals surface area contributed by atoms with E-state index in [1.54, 1.807) is 17.0 Å². The second-order valence-electron chi connectivity index (χ2n) is 8.69. The van der Waals surface area contributed by atoms with Gasteiger partial charge in [0.25, 0.3) is 5.91 Å². The number of amides is 1. The van der Waals surface area contributed by atoms with Gasteiger partial charge in [0, 0.05) is 45.8 Å². The molecule has 2 aliphatic rings. The van der Waals surface area contributed by atoms with E-state index in [4.69, 9.17) is 4.74 Å². The van der Waals surface area contributed by atoms with Gasteiger partial charge in [-0.1, -0.05) is 42.5 Å². The lowest BCUT2D eigenvalue weighted by molar-refractivity contribution is -0.129. The van der Waals surface area contributed by atoms with Crippen LogP contribution in [-0.2, 0) is 19.6 Å². The first-order valence-corrected chi connectivity index (χ1v) is 12.9. The lowest BCUT2D eigenvalue weighted by Gasteiger charge is -2.30. The molecule has 0 saturated carbocycles. The number of benzene rings is 2. The molecule has 1 atom stereocenters. The van der Waals surface area contributed by atoms with Gasteiger partial charge >= 0.3 is 0 Å². The van der Waals surface area contributed by atoms with E-state index in [-0.39, 0.29) is 10.7 Å². The summed E-state index contributed by atoms with van der Waals surface area (Å²) >= 11 is 0. The Labute approximate surface area is 201 Å². The Morgan fingerprint density at radius 1 is 1.00 bits per heavy atom. The largest absolute Gasteiger partial charge is 0.503 e.